The summed E-state index contributed by atoms with van der Waals surface area (Å²) in [6.07, 6.45) is -4.34. The van der Waals surface area contributed by atoms with E-state index in [9.17, 15) is 34.5 Å². The van der Waals surface area contributed by atoms with Gasteiger partial charge in [-0.15, -0.1) is 0 Å². The van der Waals surface area contributed by atoms with Crippen molar-refractivity contribution >= 4 is 23.6 Å². The third kappa shape index (κ3) is 21.6. The Morgan fingerprint density at radius 1 is 0.606 bits per heavy atom. The zero-order valence-electron chi connectivity index (χ0n) is 37.7. The number of hydrogen-bond donors (Lipinski definition) is 5. The van der Waals surface area contributed by atoms with Gasteiger partial charge in [0.05, 0.1) is 72.2 Å². The number of hydrogen-bond acceptors (Lipinski definition) is 16. The van der Waals surface area contributed by atoms with Crippen LogP contribution in [0.4, 0.5) is 4.79 Å². The Kier molecular flexibility index (Phi) is 26.0. The fraction of sp³-hybridized carbons (Fsp3) is 0.542. The Balaban J connectivity index is 0.897. The van der Waals surface area contributed by atoms with Crippen LogP contribution in [0.1, 0.15) is 54.9 Å². The van der Waals surface area contributed by atoms with Crippen molar-refractivity contribution in [2.45, 2.75) is 76.3 Å². The van der Waals surface area contributed by atoms with Crippen molar-refractivity contribution in [3.63, 3.8) is 0 Å². The molecule has 0 saturated carbocycles. The van der Waals surface area contributed by atoms with Crippen molar-refractivity contribution in [1.82, 2.24) is 10.6 Å². The van der Waals surface area contributed by atoms with E-state index in [1.165, 1.54) is 0 Å². The third-order valence-electron chi connectivity index (χ3n) is 10.1. The molecule has 18 nitrogen and oxygen atoms in total. The van der Waals surface area contributed by atoms with Gasteiger partial charge >= 0.3 is 6.09 Å². The summed E-state index contributed by atoms with van der Waals surface area (Å²) in [5.74, 6) is 0.330. The Morgan fingerprint density at radius 2 is 1.27 bits per heavy atom. The highest BCUT2D eigenvalue weighted by molar-refractivity contribution is 5.97. The van der Waals surface area contributed by atoms with E-state index >= 15 is 0 Å². The number of benzene rings is 3. The Hall–Kier alpha value is -4.86. The zero-order valence-corrected chi connectivity index (χ0v) is 37.7. The summed E-state index contributed by atoms with van der Waals surface area (Å²) in [6.45, 7) is 5.81. The summed E-state index contributed by atoms with van der Waals surface area (Å²) >= 11 is 0. The van der Waals surface area contributed by atoms with Gasteiger partial charge in [-0.3, -0.25) is 14.4 Å². The molecule has 1 aliphatic rings. The molecule has 1 aliphatic heterocycles. The first kappa shape index (κ1) is 53.8. The summed E-state index contributed by atoms with van der Waals surface area (Å²) in [4.78, 5) is 49.1. The molecule has 364 valence electrons. The highest BCUT2D eigenvalue weighted by atomic mass is 16.7. The maximum atomic E-state index is 12.8. The first-order valence-electron chi connectivity index (χ1n) is 22.4. The number of aliphatic hydroxyl groups excluding tert-OH is 3. The largest absolute Gasteiger partial charge is 0.486 e. The van der Waals surface area contributed by atoms with Crippen LogP contribution in [0.3, 0.4) is 0 Å². The molecule has 66 heavy (non-hydrogen) atoms. The van der Waals surface area contributed by atoms with Gasteiger partial charge in [-0.05, 0) is 54.7 Å². The quantitative estimate of drug-likeness (QED) is 0.0426. The van der Waals surface area contributed by atoms with Crippen LogP contribution in [-0.4, -0.2) is 162 Å². The van der Waals surface area contributed by atoms with E-state index in [4.69, 9.17) is 42.6 Å². The number of aliphatic hydroxyl groups is 3. The predicted octanol–water partition coefficient (Wildman–Crippen LogP) is 3.40. The molecule has 0 radical (unpaired) electrons. The highest BCUT2D eigenvalue weighted by Gasteiger charge is 2.42. The minimum atomic E-state index is -1.37. The van der Waals surface area contributed by atoms with Gasteiger partial charge in [-0.25, -0.2) is 4.79 Å². The average molecular weight is 927 g/mol. The second-order valence-electron chi connectivity index (χ2n) is 15.3. The van der Waals surface area contributed by atoms with Gasteiger partial charge in [0.1, 0.15) is 37.3 Å². The van der Waals surface area contributed by atoms with E-state index in [1.54, 1.807) is 25.1 Å². The van der Waals surface area contributed by atoms with Crippen molar-refractivity contribution in [2.24, 2.45) is 0 Å². The van der Waals surface area contributed by atoms with E-state index < -0.39 is 36.8 Å². The Labute approximate surface area is 386 Å². The van der Waals surface area contributed by atoms with Crippen molar-refractivity contribution in [3.8, 4) is 16.9 Å². The maximum absolute atomic E-state index is 12.8. The predicted molar refractivity (Wildman–Crippen MR) is 240 cm³/mol. The van der Waals surface area contributed by atoms with Gasteiger partial charge < -0.3 is 68.6 Å². The molecule has 0 bridgehead atoms. The van der Waals surface area contributed by atoms with Gasteiger partial charge in [0.25, 0.3) is 0 Å². The van der Waals surface area contributed by atoms with Crippen LogP contribution >= 0.6 is 0 Å². The molecule has 0 aliphatic carbocycles. The molecule has 3 aromatic carbocycles. The Morgan fingerprint density at radius 3 is 2.00 bits per heavy atom. The molecule has 5 N–H and O–H groups in total. The van der Waals surface area contributed by atoms with E-state index in [0.717, 1.165) is 16.7 Å². The second kappa shape index (κ2) is 31.9. The van der Waals surface area contributed by atoms with Gasteiger partial charge in [0.15, 0.2) is 17.9 Å². The lowest BCUT2D eigenvalue weighted by Gasteiger charge is -2.38. The fourth-order valence-electron chi connectivity index (χ4n) is 6.34. The van der Waals surface area contributed by atoms with Crippen LogP contribution in [0.2, 0.25) is 0 Å². The number of rotatable bonds is 34. The minimum Gasteiger partial charge on any atom is -0.486 e. The van der Waals surface area contributed by atoms with Crippen molar-refractivity contribution in [2.75, 3.05) is 92.4 Å². The number of nitrogens with one attached hydrogen (secondary N) is 2. The summed E-state index contributed by atoms with van der Waals surface area (Å²) in [5.41, 5.74) is 3.26. The number of ether oxygens (including phenoxy) is 9. The van der Waals surface area contributed by atoms with Crippen LogP contribution in [0.25, 0.3) is 11.1 Å². The number of carbonyl (C=O) groups is 4. The minimum absolute atomic E-state index is 0.0209. The molecule has 0 unspecified atom stereocenters. The lowest BCUT2D eigenvalue weighted by molar-refractivity contribution is -0.294. The summed E-state index contributed by atoms with van der Waals surface area (Å²) < 4.78 is 49.0. The topological polar surface area (TPSA) is 236 Å². The molecule has 3 aromatic rings. The van der Waals surface area contributed by atoms with Gasteiger partial charge in [-0.1, -0.05) is 60.7 Å². The van der Waals surface area contributed by atoms with E-state index in [1.807, 2.05) is 60.7 Å². The standard InChI is InChI=1S/C48H66N2O16/c1-35-44(54)45(55)46(56)47(66-35)63-31-30-60-23-20-49-43(53)18-22-59-25-27-62-29-28-61-26-24-58-21-7-12-40(51)34-64-41-16-14-37(15-17-41)38-10-5-11-39(32-38)42(52)13-6-19-50-48(57)65-33-36-8-3-2-4-9-36/h2-5,8-11,14-17,32,35,44-47,54-56H,6-7,12-13,18-31,33-34H2,1H3,(H,49,53)(H,50,57)/t35-,44-,45+,46+,47+/m0/s1. The summed E-state index contributed by atoms with van der Waals surface area (Å²) in [6, 6.07) is 24.1. The molecule has 1 fully saturated rings. The second-order valence-corrected chi connectivity index (χ2v) is 15.3. The first-order chi connectivity index (χ1) is 32.1. The smallest absolute Gasteiger partial charge is 0.407 e. The number of ketones is 2. The van der Waals surface area contributed by atoms with Gasteiger partial charge in [-0.2, -0.15) is 0 Å². The number of amides is 2. The lowest BCUT2D eigenvalue weighted by atomic mass is 9.99. The molecular formula is C48H66N2O16. The SMILES string of the molecule is C[C@@H]1O[C@@H](OCCOCCNC(=O)CCOCCOCCOCCOCCCC(=O)COc2ccc(-c3cccc(C(=O)CCCNC(=O)OCc4ccccc4)c3)cc2)[C@H](O)[C@H](O)[C@H]1O. The highest BCUT2D eigenvalue weighted by Crippen LogP contribution is 2.25. The number of alkyl carbamates (subject to hydrolysis) is 1. The molecule has 2 amide bonds. The molecular weight excluding hydrogens is 861 g/mol. The van der Waals surface area contributed by atoms with Crippen LogP contribution < -0.4 is 15.4 Å². The molecule has 0 aromatic heterocycles. The Bertz CT molecular complexity index is 1830. The van der Waals surface area contributed by atoms with E-state index in [-0.39, 0.29) is 70.0 Å². The number of carbonyl (C=O) groups excluding carboxylic acids is 4. The molecule has 0 spiro atoms. The average Bonchev–Trinajstić information content (AvgIpc) is 3.33. The molecule has 5 atom stereocenters. The van der Waals surface area contributed by atoms with Gasteiger partial charge in [0, 0.05) is 44.5 Å². The molecule has 1 saturated heterocycles. The lowest BCUT2D eigenvalue weighted by Crippen LogP contribution is -2.57. The molecule has 18 heteroatoms. The van der Waals surface area contributed by atoms with E-state index in [2.05, 4.69) is 10.6 Å². The van der Waals surface area contributed by atoms with Gasteiger partial charge in [0.2, 0.25) is 5.91 Å². The maximum Gasteiger partial charge on any atom is 0.407 e. The van der Waals surface area contributed by atoms with Crippen LogP contribution in [-0.2, 0) is 54.1 Å². The normalized spacial score (nSPS) is 18.1. The van der Waals surface area contributed by atoms with Crippen molar-refractivity contribution < 1.29 is 77.1 Å². The molecule has 1 heterocycles. The van der Waals surface area contributed by atoms with Crippen LogP contribution in [0, 0.1) is 0 Å². The zero-order chi connectivity index (χ0) is 47.2. The fourth-order valence-corrected chi connectivity index (χ4v) is 6.34. The van der Waals surface area contributed by atoms with Crippen LogP contribution in [0.5, 0.6) is 5.75 Å². The van der Waals surface area contributed by atoms with Crippen LogP contribution in [0.15, 0.2) is 78.9 Å². The van der Waals surface area contributed by atoms with Crippen molar-refractivity contribution in [1.29, 1.82) is 0 Å². The first-order valence-corrected chi connectivity index (χ1v) is 22.4. The number of Topliss-reactive ketones (excluding diaryl/α,β-unsaturated/α-hetero) is 2. The summed E-state index contributed by atoms with van der Waals surface area (Å²) in [7, 11) is 0. The van der Waals surface area contributed by atoms with Crippen molar-refractivity contribution in [3.05, 3.63) is 90.0 Å². The van der Waals surface area contributed by atoms with E-state index in [0.29, 0.717) is 89.9 Å². The summed E-state index contributed by atoms with van der Waals surface area (Å²) in [5, 5.41) is 34.9. The molecule has 4 rings (SSSR count). The third-order valence-corrected chi connectivity index (χ3v) is 10.1. The monoisotopic (exact) mass is 926 g/mol.